The molecule has 4 N–H and O–H groups in total. The predicted molar refractivity (Wildman–Crippen MR) is 135 cm³/mol. The number of rotatable bonds is 13. The van der Waals surface area contributed by atoms with Gasteiger partial charge in [0.2, 0.25) is 17.6 Å². The number of esters is 1. The number of carboxylic acids is 1. The molecule has 2 amide bonds. The number of hydrogen-bond donors (Lipinski definition) is 4. The normalized spacial score (nSPS) is 11.7. The number of aliphatic carboxylic acids is 1. The Morgan fingerprint density at radius 2 is 1.90 bits per heavy atom. The minimum Gasteiger partial charge on any atom is -0.481 e. The van der Waals surface area contributed by atoms with E-state index in [4.69, 9.17) is 0 Å². The first-order valence-corrected chi connectivity index (χ1v) is 12.2. The van der Waals surface area contributed by atoms with Crippen LogP contribution in [-0.2, 0) is 19.2 Å². The Labute approximate surface area is 232 Å². The highest BCUT2D eigenvalue weighted by atomic mass is 79.9. The lowest BCUT2D eigenvalue weighted by molar-refractivity contribution is -0.385. The Bertz CT molecular complexity index is 1290. The number of anilines is 1. The summed E-state index contributed by atoms with van der Waals surface area (Å²) >= 11 is 2.93. The van der Waals surface area contributed by atoms with Gasteiger partial charge in [-0.1, -0.05) is 15.9 Å². The number of carbonyl (C=O) groups is 4. The molecule has 0 bridgehead atoms. The van der Waals surface area contributed by atoms with Crippen LogP contribution in [0.3, 0.4) is 0 Å². The van der Waals surface area contributed by atoms with Crippen molar-refractivity contribution in [2.45, 2.75) is 38.4 Å². The Balaban J connectivity index is 2.10. The van der Waals surface area contributed by atoms with Crippen molar-refractivity contribution in [2.75, 3.05) is 18.4 Å². The second kappa shape index (κ2) is 14.2. The number of alkyl halides is 3. The molecule has 0 spiro atoms. The third-order valence-corrected chi connectivity index (χ3v) is 5.48. The van der Waals surface area contributed by atoms with Crippen LogP contribution < -0.4 is 20.7 Å². The van der Waals surface area contributed by atoms with Crippen molar-refractivity contribution in [1.82, 2.24) is 15.6 Å². The number of nitrogens with one attached hydrogen (secondary N) is 3. The smallest absolute Gasteiger partial charge is 0.481 e. The number of halogens is 4. The average Bonchev–Trinajstić information content (AvgIpc) is 2.84. The zero-order chi connectivity index (χ0) is 30.0. The number of nitrogens with zero attached hydrogens (tertiary/aromatic N) is 2. The monoisotopic (exact) mass is 633 g/mol. The van der Waals surface area contributed by atoms with Gasteiger partial charge in [0.05, 0.1) is 23.9 Å². The van der Waals surface area contributed by atoms with E-state index in [-0.39, 0.29) is 10.9 Å². The summed E-state index contributed by atoms with van der Waals surface area (Å²) in [6, 6.07) is 3.66. The van der Waals surface area contributed by atoms with Gasteiger partial charge in [-0.15, -0.1) is 0 Å². The number of ether oxygens (including phenoxy) is 1. The standard InChI is InChI=1S/C23H23BrF3N5O8/c1-12-4-6-29-17(7-12)28-5-2-3-18(33)30-11-19(34)31-15(10-20(35)36)14-8-13(24)9-16(32(38)39)21(14)40-22(37)23(25,26)27/h4,6-9,15H,2-3,5,10-11H2,1H3,(H,28,29)(H,30,33)(H,31,34)(H,35,36). The molecule has 0 aliphatic heterocycles. The molecule has 1 atom stereocenters. The number of aromatic nitrogens is 1. The zero-order valence-electron chi connectivity index (χ0n) is 20.7. The number of amides is 2. The van der Waals surface area contributed by atoms with Gasteiger partial charge >= 0.3 is 23.8 Å². The molecule has 13 nitrogen and oxygen atoms in total. The van der Waals surface area contributed by atoms with Gasteiger partial charge < -0.3 is 25.8 Å². The van der Waals surface area contributed by atoms with Crippen LogP contribution in [0.1, 0.15) is 36.4 Å². The fraction of sp³-hybridized carbons (Fsp3) is 0.348. The number of carboxylic acid groups (broad SMARTS) is 1. The highest BCUT2D eigenvalue weighted by molar-refractivity contribution is 9.10. The fourth-order valence-corrected chi connectivity index (χ4v) is 3.74. The second-order valence-corrected chi connectivity index (χ2v) is 9.15. The van der Waals surface area contributed by atoms with Crippen LogP contribution in [0.25, 0.3) is 0 Å². The molecule has 1 aromatic heterocycles. The summed E-state index contributed by atoms with van der Waals surface area (Å²) in [5.74, 6) is -6.39. The van der Waals surface area contributed by atoms with E-state index in [0.717, 1.165) is 17.7 Å². The van der Waals surface area contributed by atoms with Gasteiger partial charge in [-0.05, 0) is 37.1 Å². The van der Waals surface area contributed by atoms with Gasteiger partial charge in [-0.2, -0.15) is 13.2 Å². The third kappa shape index (κ3) is 10.1. The maximum Gasteiger partial charge on any atom is 0.491 e. The molecule has 1 unspecified atom stereocenters. The van der Waals surface area contributed by atoms with Crippen molar-refractivity contribution in [1.29, 1.82) is 0 Å². The molecule has 2 rings (SSSR count). The maximum absolute atomic E-state index is 12.8. The molecule has 40 heavy (non-hydrogen) atoms. The minimum absolute atomic E-state index is 0.0139. The van der Waals surface area contributed by atoms with Gasteiger partial charge in [0.25, 0.3) is 0 Å². The van der Waals surface area contributed by atoms with Crippen LogP contribution in [0.15, 0.2) is 34.9 Å². The van der Waals surface area contributed by atoms with E-state index in [1.807, 2.05) is 19.1 Å². The summed E-state index contributed by atoms with van der Waals surface area (Å²) < 4.78 is 42.6. The van der Waals surface area contributed by atoms with E-state index in [1.54, 1.807) is 6.20 Å². The molecule has 216 valence electrons. The van der Waals surface area contributed by atoms with Crippen LogP contribution in [0.4, 0.5) is 24.7 Å². The number of nitro benzene ring substituents is 1. The molecule has 0 fully saturated rings. The minimum atomic E-state index is -5.53. The number of hydrogen-bond acceptors (Lipinski definition) is 9. The zero-order valence-corrected chi connectivity index (χ0v) is 22.3. The van der Waals surface area contributed by atoms with Gasteiger partial charge in [0, 0.05) is 35.3 Å². The summed E-state index contributed by atoms with van der Waals surface area (Å²) in [5, 5.41) is 28.3. The lowest BCUT2D eigenvalue weighted by Gasteiger charge is -2.21. The summed E-state index contributed by atoms with van der Waals surface area (Å²) in [5.41, 5.74) is -0.684. The number of nitro groups is 1. The van der Waals surface area contributed by atoms with Gasteiger partial charge in [0.1, 0.15) is 5.82 Å². The fourth-order valence-electron chi connectivity index (χ4n) is 3.28. The van der Waals surface area contributed by atoms with E-state index >= 15 is 0 Å². The molecule has 0 aliphatic carbocycles. The van der Waals surface area contributed by atoms with Gasteiger partial charge in [-0.3, -0.25) is 24.5 Å². The topological polar surface area (TPSA) is 190 Å². The molecule has 1 aromatic carbocycles. The first-order chi connectivity index (χ1) is 18.7. The van der Waals surface area contributed by atoms with E-state index in [0.29, 0.717) is 18.8 Å². The molecule has 0 saturated carbocycles. The quantitative estimate of drug-likeness (QED) is 0.0837. The predicted octanol–water partition coefficient (Wildman–Crippen LogP) is 3.17. The third-order valence-electron chi connectivity index (χ3n) is 5.02. The first kappa shape index (κ1) is 31.9. The second-order valence-electron chi connectivity index (χ2n) is 8.23. The summed E-state index contributed by atoms with van der Waals surface area (Å²) in [4.78, 5) is 61.9. The molecule has 17 heteroatoms. The maximum atomic E-state index is 12.8. The molecule has 0 radical (unpaired) electrons. The van der Waals surface area contributed by atoms with Crippen LogP contribution in [-0.4, -0.2) is 58.0 Å². The van der Waals surface area contributed by atoms with E-state index in [1.165, 1.54) is 0 Å². The van der Waals surface area contributed by atoms with Crippen LogP contribution in [0, 0.1) is 17.0 Å². The Morgan fingerprint density at radius 1 is 1.20 bits per heavy atom. The summed E-state index contributed by atoms with van der Waals surface area (Å²) in [6.07, 6.45) is -4.47. The van der Waals surface area contributed by atoms with Crippen molar-refractivity contribution in [3.05, 3.63) is 56.2 Å². The molecular formula is C23H23BrF3N5O8. The van der Waals surface area contributed by atoms with Crippen molar-refractivity contribution < 1.29 is 47.1 Å². The Hall–Kier alpha value is -4.28. The van der Waals surface area contributed by atoms with Gasteiger partial charge in [-0.25, -0.2) is 9.78 Å². The number of carbonyl (C=O) groups excluding carboxylic acids is 3. The molecular weight excluding hydrogens is 611 g/mol. The van der Waals surface area contributed by atoms with E-state index in [2.05, 4.69) is 41.6 Å². The van der Waals surface area contributed by atoms with Crippen LogP contribution in [0.2, 0.25) is 0 Å². The number of benzene rings is 1. The molecule has 0 saturated heterocycles. The number of aryl methyl sites for hydroxylation is 1. The summed E-state index contributed by atoms with van der Waals surface area (Å²) in [7, 11) is 0. The van der Waals surface area contributed by atoms with Crippen LogP contribution in [0.5, 0.6) is 5.75 Å². The lowest BCUT2D eigenvalue weighted by atomic mass is 10.0. The SMILES string of the molecule is Cc1ccnc(NCCCC(=O)NCC(=O)NC(CC(=O)O)c2cc(Br)cc([N+](=O)[O-])c2OC(=O)C(F)(F)F)c1. The Kier molecular flexibility index (Phi) is 11.3. The average molecular weight is 634 g/mol. The van der Waals surface area contributed by atoms with Crippen LogP contribution >= 0.6 is 15.9 Å². The van der Waals surface area contributed by atoms with Gasteiger partial charge in [0.15, 0.2) is 0 Å². The molecule has 1 heterocycles. The van der Waals surface area contributed by atoms with E-state index < -0.39 is 70.9 Å². The largest absolute Gasteiger partial charge is 0.491 e. The lowest BCUT2D eigenvalue weighted by Crippen LogP contribution is -2.39. The highest BCUT2D eigenvalue weighted by Crippen LogP contribution is 2.40. The van der Waals surface area contributed by atoms with Crippen molar-refractivity contribution in [3.8, 4) is 5.75 Å². The summed E-state index contributed by atoms with van der Waals surface area (Å²) in [6.45, 7) is 1.65. The number of pyridine rings is 1. The highest BCUT2D eigenvalue weighted by Gasteiger charge is 2.43. The first-order valence-electron chi connectivity index (χ1n) is 11.4. The Morgan fingerprint density at radius 3 is 2.50 bits per heavy atom. The molecule has 0 aliphatic rings. The van der Waals surface area contributed by atoms with Crippen molar-refractivity contribution >= 4 is 51.2 Å². The van der Waals surface area contributed by atoms with E-state index in [9.17, 15) is 47.6 Å². The van der Waals surface area contributed by atoms with Crippen molar-refractivity contribution in [2.24, 2.45) is 0 Å². The van der Waals surface area contributed by atoms with Crippen molar-refractivity contribution in [3.63, 3.8) is 0 Å². The molecule has 2 aromatic rings.